The average Bonchev–Trinajstić information content (AvgIpc) is 2.93. The summed E-state index contributed by atoms with van der Waals surface area (Å²) in [6, 6.07) is 16.9. The lowest BCUT2D eigenvalue weighted by Crippen LogP contribution is -2.67. The van der Waals surface area contributed by atoms with Gasteiger partial charge in [0.1, 0.15) is 30.2 Å². The highest BCUT2D eigenvalue weighted by molar-refractivity contribution is 6.77. The summed E-state index contributed by atoms with van der Waals surface area (Å²) in [5.74, 6) is -0.504. The SMILES string of the molecule is COc1ccc(CO[C@@H]2C(=O)[C@H](OC(C)=O)[C@H](O)[C@H](OCc3ccccc3)[C@H]2O[Si](C(C)C)(C(C)C)C(C)C)cc1. The van der Waals surface area contributed by atoms with Crippen molar-refractivity contribution in [1.82, 2.24) is 0 Å². The lowest BCUT2D eigenvalue weighted by atomic mass is 9.85. The van der Waals surface area contributed by atoms with Crippen molar-refractivity contribution in [1.29, 1.82) is 0 Å². The maximum absolute atomic E-state index is 13.9. The Morgan fingerprint density at radius 1 is 0.805 bits per heavy atom. The first-order valence-corrected chi connectivity index (χ1v) is 16.5. The van der Waals surface area contributed by atoms with Gasteiger partial charge in [-0.25, -0.2) is 0 Å². The Hall–Kier alpha value is -2.56. The molecule has 0 spiro atoms. The van der Waals surface area contributed by atoms with Crippen molar-refractivity contribution in [3.63, 3.8) is 0 Å². The number of aliphatic hydroxyl groups excluding tert-OH is 1. The maximum Gasteiger partial charge on any atom is 0.303 e. The summed E-state index contributed by atoms with van der Waals surface area (Å²) in [4.78, 5) is 25.9. The van der Waals surface area contributed by atoms with Crippen molar-refractivity contribution in [2.75, 3.05) is 7.11 Å². The zero-order valence-electron chi connectivity index (χ0n) is 25.5. The molecule has 0 unspecified atom stereocenters. The van der Waals surface area contributed by atoms with E-state index in [1.807, 2.05) is 54.6 Å². The number of carbonyl (C=O) groups is 2. The fourth-order valence-corrected chi connectivity index (χ4v) is 11.7. The second-order valence-corrected chi connectivity index (χ2v) is 17.1. The third-order valence-electron chi connectivity index (χ3n) is 8.04. The number of Topliss-reactive ketones (excluding diaryl/α,β-unsaturated/α-hetero) is 1. The molecule has 3 rings (SSSR count). The van der Waals surface area contributed by atoms with Crippen LogP contribution in [0.4, 0.5) is 0 Å². The van der Waals surface area contributed by atoms with Crippen LogP contribution in [-0.2, 0) is 41.4 Å². The Kier molecular flexibility index (Phi) is 11.7. The quantitative estimate of drug-likeness (QED) is 0.239. The first kappa shape index (κ1) is 32.9. The van der Waals surface area contributed by atoms with E-state index in [0.717, 1.165) is 11.1 Å². The molecule has 0 aromatic heterocycles. The van der Waals surface area contributed by atoms with Gasteiger partial charge in [-0.2, -0.15) is 0 Å². The normalized spacial score (nSPS) is 23.3. The van der Waals surface area contributed by atoms with E-state index in [2.05, 4.69) is 41.5 Å². The van der Waals surface area contributed by atoms with Crippen molar-refractivity contribution in [2.45, 2.75) is 109 Å². The highest BCUT2D eigenvalue weighted by atomic mass is 28.4. The van der Waals surface area contributed by atoms with Crippen molar-refractivity contribution in [2.24, 2.45) is 0 Å². The molecule has 1 saturated carbocycles. The van der Waals surface area contributed by atoms with E-state index in [1.165, 1.54) is 6.92 Å². The topological polar surface area (TPSA) is 101 Å². The molecule has 226 valence electrons. The fraction of sp³-hybridized carbons (Fsp3) is 0.562. The van der Waals surface area contributed by atoms with Crippen LogP contribution in [0.25, 0.3) is 0 Å². The van der Waals surface area contributed by atoms with Crippen LogP contribution in [-0.4, -0.2) is 62.8 Å². The molecule has 1 aliphatic carbocycles. The molecule has 1 aliphatic rings. The molecule has 0 amide bonds. The van der Waals surface area contributed by atoms with Crippen LogP contribution in [0.3, 0.4) is 0 Å². The Morgan fingerprint density at radius 2 is 1.34 bits per heavy atom. The Labute approximate surface area is 245 Å². The minimum absolute atomic E-state index is 0.105. The van der Waals surface area contributed by atoms with Gasteiger partial charge < -0.3 is 28.5 Å². The molecule has 0 radical (unpaired) electrons. The number of methoxy groups -OCH3 is 1. The molecule has 9 heteroatoms. The highest BCUT2D eigenvalue weighted by Crippen LogP contribution is 2.45. The molecule has 0 aliphatic heterocycles. The van der Waals surface area contributed by atoms with Gasteiger partial charge in [-0.1, -0.05) is 84.0 Å². The smallest absolute Gasteiger partial charge is 0.303 e. The molecule has 0 saturated heterocycles. The number of benzene rings is 2. The second-order valence-electron chi connectivity index (χ2n) is 11.7. The van der Waals surface area contributed by atoms with Gasteiger partial charge in [-0.3, -0.25) is 9.59 Å². The Morgan fingerprint density at radius 3 is 1.85 bits per heavy atom. The first-order valence-electron chi connectivity index (χ1n) is 14.4. The van der Waals surface area contributed by atoms with E-state index in [9.17, 15) is 14.7 Å². The molecule has 1 fully saturated rings. The lowest BCUT2D eigenvalue weighted by Gasteiger charge is -2.50. The van der Waals surface area contributed by atoms with Crippen LogP contribution < -0.4 is 4.74 Å². The Bertz CT molecular complexity index is 1100. The van der Waals surface area contributed by atoms with Gasteiger partial charge in [-0.15, -0.1) is 0 Å². The van der Waals surface area contributed by atoms with E-state index in [-0.39, 0.29) is 29.8 Å². The first-order chi connectivity index (χ1) is 19.4. The zero-order valence-corrected chi connectivity index (χ0v) is 26.5. The molecular formula is C32H46O8Si. The average molecular weight is 587 g/mol. The van der Waals surface area contributed by atoms with Gasteiger partial charge >= 0.3 is 5.97 Å². The number of aliphatic hydroxyl groups is 1. The summed E-state index contributed by atoms with van der Waals surface area (Å²) in [7, 11) is -0.993. The van der Waals surface area contributed by atoms with Crippen molar-refractivity contribution in [3.05, 3.63) is 65.7 Å². The summed E-state index contributed by atoms with van der Waals surface area (Å²) in [6.45, 7) is 14.4. The predicted octanol–water partition coefficient (Wildman–Crippen LogP) is 5.60. The van der Waals surface area contributed by atoms with E-state index in [0.29, 0.717) is 5.75 Å². The molecule has 1 N–H and O–H groups in total. The van der Waals surface area contributed by atoms with E-state index in [1.54, 1.807) is 7.11 Å². The summed E-state index contributed by atoms with van der Waals surface area (Å²) in [6.07, 6.45) is -5.90. The van der Waals surface area contributed by atoms with Crippen molar-refractivity contribution < 1.29 is 38.1 Å². The second kappa shape index (κ2) is 14.6. The highest BCUT2D eigenvalue weighted by Gasteiger charge is 2.57. The van der Waals surface area contributed by atoms with Crippen LogP contribution in [0.15, 0.2) is 54.6 Å². The van der Waals surface area contributed by atoms with E-state index < -0.39 is 50.6 Å². The van der Waals surface area contributed by atoms with Crippen LogP contribution in [0.2, 0.25) is 16.6 Å². The van der Waals surface area contributed by atoms with Crippen LogP contribution in [0.5, 0.6) is 5.75 Å². The number of hydrogen-bond donors (Lipinski definition) is 1. The molecule has 2 aromatic rings. The number of ether oxygens (including phenoxy) is 4. The minimum atomic E-state index is -2.59. The van der Waals surface area contributed by atoms with E-state index in [4.69, 9.17) is 23.4 Å². The summed E-state index contributed by atoms with van der Waals surface area (Å²) in [5.41, 5.74) is 2.35. The maximum atomic E-state index is 13.9. The third kappa shape index (κ3) is 7.64. The van der Waals surface area contributed by atoms with Gasteiger partial charge in [0.2, 0.25) is 14.1 Å². The summed E-state index contributed by atoms with van der Waals surface area (Å²) < 4.78 is 30.5. The number of ketones is 1. The van der Waals surface area contributed by atoms with Gasteiger partial charge in [0.05, 0.1) is 20.3 Å². The molecule has 8 nitrogen and oxygen atoms in total. The molecule has 5 atom stereocenters. The number of hydrogen-bond acceptors (Lipinski definition) is 8. The number of esters is 1. The van der Waals surface area contributed by atoms with Gasteiger partial charge in [0.15, 0.2) is 6.10 Å². The summed E-state index contributed by atoms with van der Waals surface area (Å²) in [5, 5.41) is 11.5. The van der Waals surface area contributed by atoms with Crippen LogP contribution in [0, 0.1) is 0 Å². The number of rotatable bonds is 13. The summed E-state index contributed by atoms with van der Waals surface area (Å²) >= 11 is 0. The third-order valence-corrected chi connectivity index (χ3v) is 14.1. The molecule has 41 heavy (non-hydrogen) atoms. The predicted molar refractivity (Wildman–Crippen MR) is 159 cm³/mol. The van der Waals surface area contributed by atoms with Gasteiger partial charge in [0.25, 0.3) is 0 Å². The van der Waals surface area contributed by atoms with Gasteiger partial charge in [0, 0.05) is 6.92 Å². The van der Waals surface area contributed by atoms with Crippen molar-refractivity contribution >= 4 is 20.1 Å². The standard InChI is InChI=1S/C32H46O8Si/c1-20(2)41(21(3)4,22(5)6)40-32-30(37-18-24-12-10-9-11-13-24)27(34)29(39-23(7)33)28(35)31(32)38-19-25-14-16-26(36-8)17-15-25/h9-17,20-22,27,29-32,34H,18-19H2,1-8H3/t27-,29+,30-,31+,32+/m0/s1. The van der Waals surface area contributed by atoms with Crippen LogP contribution in [0.1, 0.15) is 59.6 Å². The lowest BCUT2D eigenvalue weighted by molar-refractivity contribution is -0.212. The zero-order chi connectivity index (χ0) is 30.3. The fourth-order valence-electron chi connectivity index (χ4n) is 6.16. The van der Waals surface area contributed by atoms with E-state index >= 15 is 0 Å². The van der Waals surface area contributed by atoms with Crippen LogP contribution >= 0.6 is 0 Å². The van der Waals surface area contributed by atoms with Gasteiger partial charge in [-0.05, 0) is 39.9 Å². The van der Waals surface area contributed by atoms with Crippen molar-refractivity contribution in [3.8, 4) is 5.75 Å². The largest absolute Gasteiger partial charge is 0.497 e. The molecular weight excluding hydrogens is 540 g/mol. The monoisotopic (exact) mass is 586 g/mol. The molecule has 2 aromatic carbocycles. The minimum Gasteiger partial charge on any atom is -0.497 e. The Balaban J connectivity index is 2.06. The molecule has 0 bridgehead atoms. The number of carbonyl (C=O) groups excluding carboxylic acids is 2. The molecule has 0 heterocycles.